The largest absolute Gasteiger partial charge is 0.419 e. The van der Waals surface area contributed by atoms with E-state index in [1.54, 1.807) is 0 Å². The standard InChI is InChI=1S/C12H13N3O/c1-2-5-9(6-3-1)11-14-15-12(16-11)10-7-4-8-13-10/h1-3,5-6,10,13H,4,7-8H2/t10-/m1/s1. The molecule has 0 saturated carbocycles. The quantitative estimate of drug-likeness (QED) is 0.834. The van der Waals surface area contributed by atoms with Crippen LogP contribution in [0.5, 0.6) is 0 Å². The molecule has 1 aliphatic heterocycles. The van der Waals surface area contributed by atoms with E-state index in [2.05, 4.69) is 15.5 Å². The molecule has 4 heteroatoms. The topological polar surface area (TPSA) is 51.0 Å². The van der Waals surface area contributed by atoms with E-state index in [1.807, 2.05) is 30.3 Å². The summed E-state index contributed by atoms with van der Waals surface area (Å²) >= 11 is 0. The van der Waals surface area contributed by atoms with Crippen LogP contribution in [0.15, 0.2) is 34.7 Å². The van der Waals surface area contributed by atoms with E-state index >= 15 is 0 Å². The Morgan fingerprint density at radius 1 is 1.19 bits per heavy atom. The van der Waals surface area contributed by atoms with E-state index in [4.69, 9.17) is 4.42 Å². The molecular formula is C12H13N3O. The molecule has 0 unspecified atom stereocenters. The van der Waals surface area contributed by atoms with Crippen molar-refractivity contribution >= 4 is 0 Å². The van der Waals surface area contributed by atoms with Gasteiger partial charge in [0.15, 0.2) is 0 Å². The third kappa shape index (κ3) is 1.72. The molecule has 1 aromatic carbocycles. The molecule has 1 aromatic heterocycles. The molecule has 1 saturated heterocycles. The summed E-state index contributed by atoms with van der Waals surface area (Å²) in [6, 6.07) is 10.1. The van der Waals surface area contributed by atoms with E-state index in [-0.39, 0.29) is 6.04 Å². The summed E-state index contributed by atoms with van der Waals surface area (Å²) in [6.45, 7) is 1.04. The number of aromatic nitrogens is 2. The number of nitrogens with zero attached hydrogens (tertiary/aromatic N) is 2. The molecule has 0 aliphatic carbocycles. The van der Waals surface area contributed by atoms with E-state index < -0.39 is 0 Å². The summed E-state index contributed by atoms with van der Waals surface area (Å²) in [6.07, 6.45) is 2.25. The van der Waals surface area contributed by atoms with Crippen molar-refractivity contribution in [2.75, 3.05) is 6.54 Å². The van der Waals surface area contributed by atoms with Crippen molar-refractivity contribution in [2.24, 2.45) is 0 Å². The Labute approximate surface area is 93.7 Å². The van der Waals surface area contributed by atoms with Crippen molar-refractivity contribution in [1.29, 1.82) is 0 Å². The van der Waals surface area contributed by atoms with Gasteiger partial charge in [-0.2, -0.15) is 0 Å². The Morgan fingerprint density at radius 2 is 2.06 bits per heavy atom. The fourth-order valence-electron chi connectivity index (χ4n) is 1.97. The first kappa shape index (κ1) is 9.54. The third-order valence-corrected chi connectivity index (χ3v) is 2.82. The molecule has 1 N–H and O–H groups in total. The van der Waals surface area contributed by atoms with Crippen molar-refractivity contribution in [3.63, 3.8) is 0 Å². The smallest absolute Gasteiger partial charge is 0.247 e. The molecule has 4 nitrogen and oxygen atoms in total. The van der Waals surface area contributed by atoms with Gasteiger partial charge in [-0.15, -0.1) is 10.2 Å². The minimum atomic E-state index is 0.241. The van der Waals surface area contributed by atoms with Gasteiger partial charge in [-0.3, -0.25) is 0 Å². The maximum atomic E-state index is 5.67. The molecule has 0 bridgehead atoms. The highest BCUT2D eigenvalue weighted by molar-refractivity contribution is 5.51. The van der Waals surface area contributed by atoms with Crippen LogP contribution < -0.4 is 5.32 Å². The SMILES string of the molecule is c1ccc(-c2nnc([C@H]3CCCN3)o2)cc1. The molecule has 3 rings (SSSR count). The maximum absolute atomic E-state index is 5.67. The molecule has 0 amide bonds. The van der Waals surface area contributed by atoms with Crippen LogP contribution in [0, 0.1) is 0 Å². The van der Waals surface area contributed by atoms with Crippen LogP contribution in [0.3, 0.4) is 0 Å². The number of hydrogen-bond acceptors (Lipinski definition) is 4. The monoisotopic (exact) mass is 215 g/mol. The number of benzene rings is 1. The average Bonchev–Trinajstić information content (AvgIpc) is 3.01. The third-order valence-electron chi connectivity index (χ3n) is 2.82. The lowest BCUT2D eigenvalue weighted by Crippen LogP contribution is -2.12. The van der Waals surface area contributed by atoms with Gasteiger partial charge in [-0.25, -0.2) is 0 Å². The second-order valence-corrected chi connectivity index (χ2v) is 3.96. The van der Waals surface area contributed by atoms with Crippen LogP contribution in [0.4, 0.5) is 0 Å². The van der Waals surface area contributed by atoms with Crippen molar-refractivity contribution in [3.05, 3.63) is 36.2 Å². The Balaban J connectivity index is 1.87. The van der Waals surface area contributed by atoms with E-state index in [9.17, 15) is 0 Å². The normalized spacial score (nSPS) is 20.1. The molecule has 2 heterocycles. The zero-order chi connectivity index (χ0) is 10.8. The van der Waals surface area contributed by atoms with Gasteiger partial charge in [0.05, 0.1) is 6.04 Å². The van der Waals surface area contributed by atoms with Crippen LogP contribution in [-0.4, -0.2) is 16.7 Å². The van der Waals surface area contributed by atoms with E-state index in [1.165, 1.54) is 6.42 Å². The molecule has 1 atom stereocenters. The molecule has 1 aliphatic rings. The highest BCUT2D eigenvalue weighted by atomic mass is 16.4. The van der Waals surface area contributed by atoms with Crippen LogP contribution in [-0.2, 0) is 0 Å². The van der Waals surface area contributed by atoms with Crippen molar-refractivity contribution in [1.82, 2.24) is 15.5 Å². The molecule has 2 aromatic rings. The summed E-state index contributed by atoms with van der Waals surface area (Å²) in [7, 11) is 0. The minimum Gasteiger partial charge on any atom is -0.419 e. The highest BCUT2D eigenvalue weighted by Crippen LogP contribution is 2.25. The highest BCUT2D eigenvalue weighted by Gasteiger charge is 2.22. The number of nitrogens with one attached hydrogen (secondary N) is 1. The first-order valence-corrected chi connectivity index (χ1v) is 5.56. The van der Waals surface area contributed by atoms with Gasteiger partial charge in [0.2, 0.25) is 11.8 Å². The Morgan fingerprint density at radius 3 is 2.81 bits per heavy atom. The van der Waals surface area contributed by atoms with Crippen LogP contribution in [0.25, 0.3) is 11.5 Å². The predicted molar refractivity (Wildman–Crippen MR) is 59.7 cm³/mol. The van der Waals surface area contributed by atoms with Gasteiger partial charge in [0.1, 0.15) is 0 Å². The summed E-state index contributed by atoms with van der Waals surface area (Å²) in [5, 5.41) is 11.5. The molecule has 16 heavy (non-hydrogen) atoms. The maximum Gasteiger partial charge on any atom is 0.247 e. The summed E-state index contributed by atoms with van der Waals surface area (Å²) in [4.78, 5) is 0. The first-order chi connectivity index (χ1) is 7.93. The lowest BCUT2D eigenvalue weighted by Gasteiger charge is -2.02. The first-order valence-electron chi connectivity index (χ1n) is 5.56. The Bertz CT molecular complexity index is 460. The molecule has 0 spiro atoms. The van der Waals surface area contributed by atoms with Gasteiger partial charge in [0, 0.05) is 5.56 Å². The average molecular weight is 215 g/mol. The summed E-state index contributed by atoms with van der Waals surface area (Å²) in [5.41, 5.74) is 0.972. The fraction of sp³-hybridized carbons (Fsp3) is 0.333. The van der Waals surface area contributed by atoms with Gasteiger partial charge in [-0.1, -0.05) is 18.2 Å². The molecule has 82 valence electrons. The van der Waals surface area contributed by atoms with Gasteiger partial charge < -0.3 is 9.73 Å². The minimum absolute atomic E-state index is 0.241. The lowest BCUT2D eigenvalue weighted by molar-refractivity contribution is 0.437. The van der Waals surface area contributed by atoms with Gasteiger partial charge in [-0.05, 0) is 31.5 Å². The number of hydrogen-bond donors (Lipinski definition) is 1. The predicted octanol–water partition coefficient (Wildman–Crippen LogP) is 2.16. The van der Waals surface area contributed by atoms with Gasteiger partial charge in [0.25, 0.3) is 0 Å². The Kier molecular flexibility index (Phi) is 2.42. The Hall–Kier alpha value is -1.68. The van der Waals surface area contributed by atoms with Crippen molar-refractivity contribution < 1.29 is 4.42 Å². The van der Waals surface area contributed by atoms with E-state index in [0.717, 1.165) is 18.5 Å². The lowest BCUT2D eigenvalue weighted by atomic mass is 10.2. The van der Waals surface area contributed by atoms with Gasteiger partial charge >= 0.3 is 0 Å². The van der Waals surface area contributed by atoms with Crippen molar-refractivity contribution in [3.8, 4) is 11.5 Å². The van der Waals surface area contributed by atoms with Crippen LogP contribution in [0.2, 0.25) is 0 Å². The van der Waals surface area contributed by atoms with Crippen LogP contribution in [0.1, 0.15) is 24.8 Å². The summed E-state index contributed by atoms with van der Waals surface area (Å²) in [5.74, 6) is 1.31. The number of rotatable bonds is 2. The van der Waals surface area contributed by atoms with Crippen molar-refractivity contribution in [2.45, 2.75) is 18.9 Å². The molecular weight excluding hydrogens is 202 g/mol. The van der Waals surface area contributed by atoms with Crippen LogP contribution >= 0.6 is 0 Å². The zero-order valence-electron chi connectivity index (χ0n) is 8.89. The fourth-order valence-corrected chi connectivity index (χ4v) is 1.97. The molecule has 0 radical (unpaired) electrons. The summed E-state index contributed by atoms with van der Waals surface area (Å²) < 4.78 is 5.67. The zero-order valence-corrected chi connectivity index (χ0v) is 8.89. The molecule has 1 fully saturated rings. The van der Waals surface area contributed by atoms with E-state index in [0.29, 0.717) is 11.8 Å². The second kappa shape index (κ2) is 4.06. The second-order valence-electron chi connectivity index (χ2n) is 3.96.